The quantitative estimate of drug-likeness (QED) is 0.785. The Morgan fingerprint density at radius 2 is 1.90 bits per heavy atom. The minimum Gasteiger partial charge on any atom is -0.483 e. The third-order valence-corrected chi connectivity index (χ3v) is 3.58. The molecule has 0 aliphatic rings. The first-order valence-corrected chi connectivity index (χ1v) is 8.06. The number of hydrogen-bond acceptors (Lipinski definition) is 3. The molecular weight excluding hydrogens is 294 g/mol. The molecule has 0 saturated carbocycles. The van der Waals surface area contributed by atoms with Crippen LogP contribution in [0.25, 0.3) is 11.3 Å². The van der Waals surface area contributed by atoms with Gasteiger partial charge in [0.25, 0.3) is 5.56 Å². The second kappa shape index (κ2) is 6.86. The largest absolute Gasteiger partial charge is 0.483 e. The summed E-state index contributed by atoms with van der Waals surface area (Å²) in [5.41, 5.74) is 1.67. The summed E-state index contributed by atoms with van der Waals surface area (Å²) in [5.74, 6) is 1.45. The van der Waals surface area contributed by atoms with Crippen LogP contribution in [0.3, 0.4) is 0 Å². The van der Waals surface area contributed by atoms with Crippen molar-refractivity contribution >= 4 is 23.4 Å². The summed E-state index contributed by atoms with van der Waals surface area (Å²) in [6.07, 6.45) is 1.99. The molecule has 0 N–H and O–H groups in total. The molecule has 0 amide bonds. The third-order valence-electron chi connectivity index (χ3n) is 2.94. The van der Waals surface area contributed by atoms with Crippen LogP contribution in [0.1, 0.15) is 6.92 Å². The molecule has 106 valence electrons. The van der Waals surface area contributed by atoms with Gasteiger partial charge >= 0.3 is 0 Å². The molecule has 5 heteroatoms. The summed E-state index contributed by atoms with van der Waals surface area (Å²) in [6, 6.07) is 11.2. The zero-order valence-electron chi connectivity index (χ0n) is 11.4. The van der Waals surface area contributed by atoms with Crippen LogP contribution in [0, 0.1) is 0 Å². The second-order valence-corrected chi connectivity index (χ2v) is 5.41. The number of rotatable bonds is 5. The number of ether oxygens (including phenoxy) is 1. The molecule has 0 unspecified atom stereocenters. The summed E-state index contributed by atoms with van der Waals surface area (Å²) in [7, 11) is 0. The lowest BCUT2D eigenvalue weighted by Crippen LogP contribution is -2.20. The molecule has 0 atom stereocenters. The first kappa shape index (κ1) is 15.0. The zero-order chi connectivity index (χ0) is 14.5. The highest BCUT2D eigenvalue weighted by molar-refractivity contribution is 7.98. The highest BCUT2D eigenvalue weighted by Crippen LogP contribution is 2.23. The molecule has 20 heavy (non-hydrogen) atoms. The van der Waals surface area contributed by atoms with Gasteiger partial charge in [-0.25, -0.2) is 0 Å². The van der Waals surface area contributed by atoms with E-state index < -0.39 is 0 Å². The number of nitrogens with zero attached hydrogens (tertiary/aromatic N) is 1. The first-order valence-electron chi connectivity index (χ1n) is 6.29. The molecule has 0 spiro atoms. The van der Waals surface area contributed by atoms with Crippen LogP contribution >= 0.6 is 23.4 Å². The van der Waals surface area contributed by atoms with Crippen molar-refractivity contribution in [1.29, 1.82) is 0 Å². The van der Waals surface area contributed by atoms with Gasteiger partial charge in [-0.2, -0.15) is 0 Å². The Kier molecular flexibility index (Phi) is 5.15. The van der Waals surface area contributed by atoms with E-state index in [1.165, 1.54) is 0 Å². The highest BCUT2D eigenvalue weighted by Gasteiger charge is 2.08. The Hall–Kier alpha value is -1.39. The average Bonchev–Trinajstić information content (AvgIpc) is 2.48. The summed E-state index contributed by atoms with van der Waals surface area (Å²) < 4.78 is 7.19. The topological polar surface area (TPSA) is 31.2 Å². The Labute approximate surface area is 127 Å². The molecule has 1 heterocycles. The van der Waals surface area contributed by atoms with E-state index in [0.717, 1.165) is 17.0 Å². The summed E-state index contributed by atoms with van der Waals surface area (Å²) in [6.45, 7) is 2.51. The molecular formula is C15H16ClNO2S. The molecule has 2 aromatic rings. The lowest BCUT2D eigenvalue weighted by molar-refractivity contribution is 0.393. The van der Waals surface area contributed by atoms with Crippen LogP contribution in [-0.4, -0.2) is 16.8 Å². The zero-order valence-corrected chi connectivity index (χ0v) is 13.0. The number of pyridine rings is 1. The van der Waals surface area contributed by atoms with E-state index in [4.69, 9.17) is 16.3 Å². The Morgan fingerprint density at radius 3 is 2.50 bits per heavy atom. The van der Waals surface area contributed by atoms with Gasteiger partial charge in [-0.05, 0) is 55.1 Å². The van der Waals surface area contributed by atoms with Crippen LogP contribution < -0.4 is 10.3 Å². The van der Waals surface area contributed by atoms with Gasteiger partial charge in [0.15, 0.2) is 0 Å². The van der Waals surface area contributed by atoms with E-state index in [9.17, 15) is 4.79 Å². The molecule has 2 rings (SSSR count). The molecule has 0 radical (unpaired) electrons. The van der Waals surface area contributed by atoms with E-state index in [-0.39, 0.29) is 10.6 Å². The van der Waals surface area contributed by atoms with Crippen LogP contribution in [-0.2, 0) is 6.54 Å². The van der Waals surface area contributed by atoms with Gasteiger partial charge in [0.2, 0.25) is 0 Å². The van der Waals surface area contributed by atoms with Crippen molar-refractivity contribution in [2.24, 2.45) is 0 Å². The van der Waals surface area contributed by atoms with Crippen molar-refractivity contribution in [3.8, 4) is 17.0 Å². The van der Waals surface area contributed by atoms with Crippen molar-refractivity contribution in [2.75, 3.05) is 12.2 Å². The summed E-state index contributed by atoms with van der Waals surface area (Å²) in [5, 5.41) is 0.246. The van der Waals surface area contributed by atoms with E-state index in [2.05, 4.69) is 0 Å². The normalized spacial score (nSPS) is 10.6. The number of aromatic nitrogens is 1. The SMILES string of the molecule is CCn1c(-c2ccc(OCSC)cc2)ccc(Cl)c1=O. The molecule has 0 saturated heterocycles. The maximum absolute atomic E-state index is 12.0. The van der Waals surface area contributed by atoms with Crippen LogP contribution in [0.5, 0.6) is 5.75 Å². The monoisotopic (exact) mass is 309 g/mol. The Bertz CT molecular complexity index is 637. The second-order valence-electron chi connectivity index (χ2n) is 4.19. The predicted octanol–water partition coefficient (Wildman–Crippen LogP) is 3.89. The fourth-order valence-electron chi connectivity index (χ4n) is 1.97. The van der Waals surface area contributed by atoms with Crippen molar-refractivity contribution in [3.63, 3.8) is 0 Å². The van der Waals surface area contributed by atoms with E-state index >= 15 is 0 Å². The Morgan fingerprint density at radius 1 is 1.20 bits per heavy atom. The lowest BCUT2D eigenvalue weighted by Gasteiger charge is -2.12. The van der Waals surface area contributed by atoms with Gasteiger partial charge in [-0.3, -0.25) is 4.79 Å². The van der Waals surface area contributed by atoms with Crippen molar-refractivity contribution in [1.82, 2.24) is 4.57 Å². The van der Waals surface area contributed by atoms with Gasteiger partial charge < -0.3 is 9.30 Å². The maximum Gasteiger partial charge on any atom is 0.269 e. The molecule has 0 aliphatic carbocycles. The molecule has 1 aromatic carbocycles. The first-order chi connectivity index (χ1) is 9.67. The van der Waals surface area contributed by atoms with Crippen LogP contribution in [0.4, 0.5) is 0 Å². The number of halogens is 1. The van der Waals surface area contributed by atoms with Crippen molar-refractivity contribution in [2.45, 2.75) is 13.5 Å². The fraction of sp³-hybridized carbons (Fsp3) is 0.267. The lowest BCUT2D eigenvalue weighted by atomic mass is 10.1. The Balaban J connectivity index is 2.37. The van der Waals surface area contributed by atoms with Gasteiger partial charge in [0.05, 0.1) is 5.69 Å². The molecule has 0 aliphatic heterocycles. The summed E-state index contributed by atoms with van der Waals surface area (Å²) >= 11 is 7.50. The molecule has 1 aromatic heterocycles. The number of hydrogen-bond donors (Lipinski definition) is 0. The van der Waals surface area contributed by atoms with Crippen molar-refractivity contribution < 1.29 is 4.74 Å². The molecule has 0 bridgehead atoms. The van der Waals surface area contributed by atoms with Crippen LogP contribution in [0.15, 0.2) is 41.2 Å². The fourth-order valence-corrected chi connectivity index (χ4v) is 2.39. The molecule has 3 nitrogen and oxygen atoms in total. The number of thioether (sulfide) groups is 1. The van der Waals surface area contributed by atoms with E-state index in [1.54, 1.807) is 22.4 Å². The smallest absolute Gasteiger partial charge is 0.269 e. The summed E-state index contributed by atoms with van der Waals surface area (Å²) in [4.78, 5) is 12.0. The minimum absolute atomic E-state index is 0.158. The van der Waals surface area contributed by atoms with Gasteiger partial charge in [0.1, 0.15) is 16.7 Å². The predicted molar refractivity (Wildman–Crippen MR) is 85.8 cm³/mol. The minimum atomic E-state index is -0.158. The molecule has 0 fully saturated rings. The van der Waals surface area contributed by atoms with E-state index in [1.807, 2.05) is 43.5 Å². The highest BCUT2D eigenvalue weighted by atomic mass is 35.5. The van der Waals surface area contributed by atoms with Crippen LogP contribution in [0.2, 0.25) is 5.02 Å². The van der Waals surface area contributed by atoms with Crippen molar-refractivity contribution in [3.05, 3.63) is 51.8 Å². The van der Waals surface area contributed by atoms with E-state index in [0.29, 0.717) is 12.5 Å². The standard InChI is InChI=1S/C15H16ClNO2S/c1-3-17-14(9-8-13(16)15(17)18)11-4-6-12(7-5-11)19-10-20-2/h4-9H,3,10H2,1-2H3. The van der Waals surface area contributed by atoms with Gasteiger partial charge in [-0.1, -0.05) is 11.6 Å². The third kappa shape index (κ3) is 3.19. The number of benzene rings is 1. The maximum atomic E-state index is 12.0. The van der Waals surface area contributed by atoms with Gasteiger partial charge in [-0.15, -0.1) is 11.8 Å². The van der Waals surface area contributed by atoms with Gasteiger partial charge in [0, 0.05) is 6.54 Å². The average molecular weight is 310 g/mol.